The number of nitriles is 1. The zero-order valence-electron chi connectivity index (χ0n) is 31.8. The van der Waals surface area contributed by atoms with Gasteiger partial charge in [-0.25, -0.2) is 0 Å². The predicted octanol–water partition coefficient (Wildman–Crippen LogP) is 15.1. The number of para-hydroxylation sites is 3. The Morgan fingerprint density at radius 2 is 0.932 bits per heavy atom. The van der Waals surface area contributed by atoms with Crippen molar-refractivity contribution in [1.82, 2.24) is 9.13 Å². The fraction of sp³-hybridized carbons (Fsp3) is 0. The Bertz CT molecular complexity index is 3670. The van der Waals surface area contributed by atoms with E-state index in [0.717, 1.165) is 33.6 Å². The van der Waals surface area contributed by atoms with E-state index in [0.29, 0.717) is 5.56 Å². The lowest BCUT2D eigenvalue weighted by Crippen LogP contribution is -1.99. The summed E-state index contributed by atoms with van der Waals surface area (Å²) in [5.74, 6) is 0. The van der Waals surface area contributed by atoms with Crippen LogP contribution in [-0.4, -0.2) is 9.13 Å². The summed E-state index contributed by atoms with van der Waals surface area (Å²) in [7, 11) is 0. The summed E-state index contributed by atoms with van der Waals surface area (Å²) >= 11 is 1.85. The SMILES string of the molecule is N#Cc1ccc(-c2cccc(-c3ccc(-n4c5ccccc5c5ccc6c7ccccc7n(-c7ccccc7)c6c54)cc3-c3ccc4c(c3)sc3ccccc34)c2)cc1. The highest BCUT2D eigenvalue weighted by Crippen LogP contribution is 2.44. The highest BCUT2D eigenvalue weighted by molar-refractivity contribution is 7.25. The van der Waals surface area contributed by atoms with Crippen molar-refractivity contribution in [2.75, 3.05) is 0 Å². The van der Waals surface area contributed by atoms with Crippen LogP contribution in [0.3, 0.4) is 0 Å². The number of aromatic nitrogens is 2. The Labute approximate surface area is 344 Å². The van der Waals surface area contributed by atoms with Gasteiger partial charge in [-0.05, 0) is 100 Å². The molecule has 0 aliphatic heterocycles. The van der Waals surface area contributed by atoms with Gasteiger partial charge >= 0.3 is 0 Å². The summed E-state index contributed by atoms with van der Waals surface area (Å²) in [4.78, 5) is 0. The lowest BCUT2D eigenvalue weighted by atomic mass is 9.91. The minimum absolute atomic E-state index is 0.658. The molecule has 0 fully saturated rings. The molecule has 0 aliphatic rings. The fourth-order valence-electron chi connectivity index (χ4n) is 9.27. The molecule has 59 heavy (non-hydrogen) atoms. The Morgan fingerprint density at radius 3 is 1.66 bits per heavy atom. The van der Waals surface area contributed by atoms with Crippen molar-refractivity contribution in [3.8, 4) is 50.8 Å². The third kappa shape index (κ3) is 5.19. The molecule has 3 heterocycles. The first-order valence-electron chi connectivity index (χ1n) is 19.9. The van der Waals surface area contributed by atoms with Crippen LogP contribution in [0.25, 0.3) is 109 Å². The molecule has 0 unspecified atom stereocenters. The number of hydrogen-bond donors (Lipinski definition) is 0. The number of fused-ring (bicyclic) bond motifs is 10. The van der Waals surface area contributed by atoms with Crippen molar-refractivity contribution in [1.29, 1.82) is 5.26 Å². The minimum atomic E-state index is 0.658. The summed E-state index contributed by atoms with van der Waals surface area (Å²) < 4.78 is 7.51. The van der Waals surface area contributed by atoms with Crippen molar-refractivity contribution in [2.45, 2.75) is 0 Å². The van der Waals surface area contributed by atoms with Gasteiger partial charge in [-0.1, -0.05) is 133 Å². The van der Waals surface area contributed by atoms with Crippen molar-refractivity contribution < 1.29 is 0 Å². The number of nitrogens with zero attached hydrogens (tertiary/aromatic N) is 3. The van der Waals surface area contributed by atoms with Gasteiger partial charge < -0.3 is 9.13 Å². The number of rotatable bonds is 5. The summed E-state index contributed by atoms with van der Waals surface area (Å²) in [6, 6.07) is 74.6. The topological polar surface area (TPSA) is 33.6 Å². The normalized spacial score (nSPS) is 11.7. The first kappa shape index (κ1) is 33.4. The van der Waals surface area contributed by atoms with Gasteiger partial charge in [0.05, 0.1) is 33.7 Å². The van der Waals surface area contributed by atoms with Gasteiger partial charge in [0.2, 0.25) is 0 Å². The smallest absolute Gasteiger partial charge is 0.0991 e. The van der Waals surface area contributed by atoms with Crippen LogP contribution in [0.1, 0.15) is 5.56 Å². The summed E-state index contributed by atoms with van der Waals surface area (Å²) in [5.41, 5.74) is 14.5. The van der Waals surface area contributed by atoms with Crippen LogP contribution < -0.4 is 0 Å². The van der Waals surface area contributed by atoms with Crippen LogP contribution in [0, 0.1) is 11.3 Å². The summed E-state index contributed by atoms with van der Waals surface area (Å²) in [5, 5.41) is 16.9. The molecule has 3 nitrogen and oxygen atoms in total. The second-order valence-corrected chi connectivity index (χ2v) is 16.3. The van der Waals surface area contributed by atoms with Crippen LogP contribution in [-0.2, 0) is 0 Å². The van der Waals surface area contributed by atoms with E-state index in [-0.39, 0.29) is 0 Å². The molecule has 0 amide bonds. The molecule has 274 valence electrons. The van der Waals surface area contributed by atoms with Gasteiger partial charge in [-0.15, -0.1) is 11.3 Å². The zero-order chi connectivity index (χ0) is 39.0. The average molecular weight is 768 g/mol. The van der Waals surface area contributed by atoms with E-state index in [4.69, 9.17) is 0 Å². The Hall–Kier alpha value is -7.71. The van der Waals surface area contributed by atoms with E-state index in [1.54, 1.807) is 0 Å². The minimum Gasteiger partial charge on any atom is -0.307 e. The van der Waals surface area contributed by atoms with E-state index in [1.807, 2.05) is 35.6 Å². The molecule has 0 atom stereocenters. The quantitative estimate of drug-likeness (QED) is 0.172. The molecule has 3 aromatic heterocycles. The van der Waals surface area contributed by atoms with Gasteiger partial charge in [0.25, 0.3) is 0 Å². The van der Waals surface area contributed by atoms with Crippen molar-refractivity contribution >= 4 is 75.1 Å². The summed E-state index contributed by atoms with van der Waals surface area (Å²) in [6.07, 6.45) is 0. The fourth-order valence-corrected chi connectivity index (χ4v) is 10.4. The lowest BCUT2D eigenvalue weighted by molar-refractivity contribution is 1.15. The highest BCUT2D eigenvalue weighted by atomic mass is 32.1. The highest BCUT2D eigenvalue weighted by Gasteiger charge is 2.22. The van der Waals surface area contributed by atoms with Crippen LogP contribution in [0.2, 0.25) is 0 Å². The molecule has 0 radical (unpaired) electrons. The van der Waals surface area contributed by atoms with Gasteiger partial charge in [0.15, 0.2) is 0 Å². The zero-order valence-corrected chi connectivity index (χ0v) is 32.6. The Balaban J connectivity index is 1.16. The molecule has 4 heteroatoms. The van der Waals surface area contributed by atoms with Gasteiger partial charge in [-0.2, -0.15) is 5.26 Å². The van der Waals surface area contributed by atoms with Gasteiger partial charge in [-0.3, -0.25) is 0 Å². The molecule has 12 rings (SSSR count). The van der Waals surface area contributed by atoms with E-state index in [1.165, 1.54) is 74.9 Å². The number of thiophene rings is 1. The second-order valence-electron chi connectivity index (χ2n) is 15.2. The maximum Gasteiger partial charge on any atom is 0.0991 e. The maximum absolute atomic E-state index is 9.44. The van der Waals surface area contributed by atoms with Crippen molar-refractivity contribution in [3.05, 3.63) is 206 Å². The van der Waals surface area contributed by atoms with E-state index in [2.05, 4.69) is 191 Å². The molecule has 0 aliphatic carbocycles. The van der Waals surface area contributed by atoms with Crippen LogP contribution in [0.4, 0.5) is 0 Å². The first-order valence-corrected chi connectivity index (χ1v) is 20.7. The van der Waals surface area contributed by atoms with Crippen molar-refractivity contribution in [3.63, 3.8) is 0 Å². The Kier molecular flexibility index (Phi) is 7.47. The monoisotopic (exact) mass is 767 g/mol. The summed E-state index contributed by atoms with van der Waals surface area (Å²) in [6.45, 7) is 0. The molecular weight excluding hydrogens is 735 g/mol. The molecule has 9 aromatic carbocycles. The molecule has 0 saturated heterocycles. The van der Waals surface area contributed by atoms with Crippen LogP contribution in [0.15, 0.2) is 200 Å². The van der Waals surface area contributed by atoms with Crippen molar-refractivity contribution in [2.24, 2.45) is 0 Å². The third-order valence-electron chi connectivity index (χ3n) is 12.0. The van der Waals surface area contributed by atoms with E-state index >= 15 is 0 Å². The van der Waals surface area contributed by atoms with Crippen LogP contribution in [0.5, 0.6) is 0 Å². The van der Waals surface area contributed by atoms with E-state index in [9.17, 15) is 5.26 Å². The van der Waals surface area contributed by atoms with Gasteiger partial charge in [0.1, 0.15) is 0 Å². The van der Waals surface area contributed by atoms with Gasteiger partial charge in [0, 0.05) is 53.1 Å². The standard InChI is InChI=1S/C55H33N3S/c56-34-35-21-23-36(24-22-35)37-11-10-12-38(31-37)42-28-26-41(33-49(42)39-25-27-46-45-17-6-9-20-52(45)59-53(46)32-39)58-51-19-8-5-16-44(51)48-30-29-47-43-15-4-7-18-50(43)57(54(47)55(48)58)40-13-2-1-3-14-40/h1-33H. The molecule has 12 aromatic rings. The molecule has 0 bridgehead atoms. The number of benzene rings is 9. The lowest BCUT2D eigenvalue weighted by Gasteiger charge is -2.17. The molecule has 0 saturated carbocycles. The maximum atomic E-state index is 9.44. The molecule has 0 spiro atoms. The van der Waals surface area contributed by atoms with E-state index < -0.39 is 0 Å². The second kappa shape index (κ2) is 13.2. The number of hydrogen-bond acceptors (Lipinski definition) is 2. The Morgan fingerprint density at radius 1 is 0.356 bits per heavy atom. The average Bonchev–Trinajstić information content (AvgIpc) is 3.97. The third-order valence-corrected chi connectivity index (χ3v) is 13.1. The molecular formula is C55H33N3S. The van der Waals surface area contributed by atoms with Crippen LogP contribution >= 0.6 is 11.3 Å². The first-order chi connectivity index (χ1) is 29.2. The molecule has 0 N–H and O–H groups in total. The largest absolute Gasteiger partial charge is 0.307 e. The predicted molar refractivity (Wildman–Crippen MR) is 249 cm³/mol.